The fraction of sp³-hybridized carbons (Fsp3) is 0.429. The van der Waals surface area contributed by atoms with E-state index >= 15 is 0 Å². The van der Waals surface area contributed by atoms with Gasteiger partial charge in [-0.25, -0.2) is 11.1 Å². The predicted molar refractivity (Wildman–Crippen MR) is 40.1 cm³/mol. The third-order valence-corrected chi connectivity index (χ3v) is 0.710. The predicted octanol–water partition coefficient (Wildman–Crippen LogP) is -1.69. The summed E-state index contributed by atoms with van der Waals surface area (Å²) in [6.45, 7) is -0.486. The quantitative estimate of drug-likeness (QED) is 0.285. The van der Waals surface area contributed by atoms with E-state index in [1.165, 1.54) is 12.6 Å². The van der Waals surface area contributed by atoms with Crippen molar-refractivity contribution < 1.29 is 61.7 Å². The summed E-state index contributed by atoms with van der Waals surface area (Å²) in [5.74, 6) is -1.87. The van der Waals surface area contributed by atoms with Crippen molar-refractivity contribution in [1.82, 2.24) is 0 Å². The molecule has 1 N–H and O–H groups in total. The van der Waals surface area contributed by atoms with Gasteiger partial charge in [0.05, 0.1) is 7.11 Å². The average Bonchev–Trinajstić information content (AvgIpc) is 2.17. The number of ketones is 1. The van der Waals surface area contributed by atoms with Gasteiger partial charge in [-0.2, -0.15) is 0 Å². The van der Waals surface area contributed by atoms with Crippen molar-refractivity contribution in [3.63, 3.8) is 0 Å². The van der Waals surface area contributed by atoms with Crippen LogP contribution in [0.4, 0.5) is 0 Å². The van der Waals surface area contributed by atoms with Crippen LogP contribution in [0.15, 0.2) is 0 Å². The minimum absolute atomic E-state index is 0. The standard InChI is InChI=1S/C5H5O4.C2H3O2.Y/c1-9-5(8)4(7)2-3-6;3-1-2-4;/h2H2,1H3;3H,1H2;/q2*-1;. The molecule has 0 fully saturated rings. The molecule has 0 unspecified atom stereocenters. The van der Waals surface area contributed by atoms with Gasteiger partial charge in [0.2, 0.25) is 5.78 Å². The Kier molecular flexibility index (Phi) is 20.6. The average molecular weight is 277 g/mol. The van der Waals surface area contributed by atoms with Crippen LogP contribution in [0.3, 0.4) is 0 Å². The molecule has 6 nitrogen and oxygen atoms in total. The summed E-state index contributed by atoms with van der Waals surface area (Å²) in [7, 11) is 1.07. The zero-order valence-electron chi connectivity index (χ0n) is 7.48. The van der Waals surface area contributed by atoms with Crippen LogP contribution in [0.2, 0.25) is 0 Å². The smallest absolute Gasteiger partial charge is 0.371 e. The summed E-state index contributed by atoms with van der Waals surface area (Å²) < 4.78 is 4.00. The Morgan fingerprint density at radius 3 is 1.93 bits per heavy atom. The van der Waals surface area contributed by atoms with Crippen molar-refractivity contribution in [2.75, 3.05) is 13.7 Å². The molecule has 1 radical (unpaired) electrons. The number of carbonyl (C=O) groups is 2. The summed E-state index contributed by atoms with van der Waals surface area (Å²) in [6.07, 6.45) is 2.00. The Morgan fingerprint density at radius 2 is 1.71 bits per heavy atom. The largest absolute Gasteiger partial charge is 0.541 e. The number of rotatable bonds is 4. The van der Waals surface area contributed by atoms with Crippen LogP contribution < -0.4 is 0 Å². The van der Waals surface area contributed by atoms with Gasteiger partial charge < -0.3 is 19.4 Å². The summed E-state index contributed by atoms with van der Waals surface area (Å²) in [5.41, 5.74) is 0. The van der Waals surface area contributed by atoms with Gasteiger partial charge in [0.15, 0.2) is 0 Å². The molecule has 77 valence electrons. The van der Waals surface area contributed by atoms with Crippen molar-refractivity contribution in [2.24, 2.45) is 0 Å². The van der Waals surface area contributed by atoms with Gasteiger partial charge >= 0.3 is 5.97 Å². The van der Waals surface area contributed by atoms with Crippen LogP contribution in [0.25, 0.3) is 0 Å². The molecule has 0 aliphatic heterocycles. The first kappa shape index (κ1) is 19.2. The Hall–Kier alpha value is -0.456. The molecule has 7 heteroatoms. The molecule has 0 amide bonds. The van der Waals surface area contributed by atoms with Crippen LogP contribution in [0.1, 0.15) is 6.42 Å². The van der Waals surface area contributed by atoms with E-state index in [0.29, 0.717) is 0 Å². The topological polar surface area (TPSA) is 97.7 Å². The number of Topliss-reactive ketones (excluding diaryl/α,β-unsaturated/α-hetero) is 1. The third kappa shape index (κ3) is 14.1. The molecule has 0 aromatic rings. The number of hydrogen-bond donors (Lipinski definition) is 1. The molecule has 0 aromatic carbocycles. The summed E-state index contributed by atoms with van der Waals surface area (Å²) in [5, 5.41) is 7.45. The molecule has 0 aliphatic rings. The molecule has 0 aromatic heterocycles. The second-order valence-electron chi connectivity index (χ2n) is 1.54. The van der Waals surface area contributed by atoms with Gasteiger partial charge in [0.1, 0.15) is 0 Å². The number of carbonyl (C=O) groups excluding carboxylic acids is 4. The van der Waals surface area contributed by atoms with Crippen LogP contribution in [0, 0.1) is 0 Å². The fourth-order valence-electron chi connectivity index (χ4n) is 0.252. The van der Waals surface area contributed by atoms with Crippen molar-refractivity contribution in [3.05, 3.63) is 0 Å². The van der Waals surface area contributed by atoms with E-state index in [4.69, 9.17) is 9.90 Å². The van der Waals surface area contributed by atoms with E-state index in [-0.39, 0.29) is 32.7 Å². The zero-order valence-corrected chi connectivity index (χ0v) is 10.3. The van der Waals surface area contributed by atoms with Crippen LogP contribution in [-0.2, 0) is 56.6 Å². The van der Waals surface area contributed by atoms with Crippen LogP contribution in [0.5, 0.6) is 0 Å². The molecular formula is C7H8O6Y-2. The first-order valence-corrected chi connectivity index (χ1v) is 3.06. The van der Waals surface area contributed by atoms with Gasteiger partial charge in [-0.3, -0.25) is 11.1 Å². The number of ether oxygens (including phenoxy) is 1. The summed E-state index contributed by atoms with van der Waals surface area (Å²) >= 11 is 0. The van der Waals surface area contributed by atoms with Crippen molar-refractivity contribution in [1.29, 1.82) is 0 Å². The molecule has 0 rings (SSSR count). The maximum absolute atomic E-state index is 10.2. The molecular weight excluding hydrogens is 269 g/mol. The van der Waals surface area contributed by atoms with Gasteiger partial charge in [-0.15, -0.1) is 0 Å². The molecule has 0 bridgehead atoms. The van der Waals surface area contributed by atoms with Gasteiger partial charge in [-0.1, -0.05) is 13.0 Å². The minimum Gasteiger partial charge on any atom is -0.541 e. The first-order chi connectivity index (χ1) is 6.13. The second kappa shape index (κ2) is 15.0. The Morgan fingerprint density at radius 1 is 1.29 bits per heavy atom. The van der Waals surface area contributed by atoms with E-state index in [0.717, 1.165) is 7.11 Å². The van der Waals surface area contributed by atoms with Crippen LogP contribution >= 0.6 is 0 Å². The SMILES string of the molecule is COC(=O)C(=O)C[C-]=O.O=[C-]CO.[Y]. The van der Waals surface area contributed by atoms with E-state index in [1.54, 1.807) is 0 Å². The Bertz CT molecular complexity index is 191. The van der Waals surface area contributed by atoms with Gasteiger partial charge in [0.25, 0.3) is 0 Å². The number of aliphatic hydroxyl groups excluding tert-OH is 1. The normalized spacial score (nSPS) is 7.00. The van der Waals surface area contributed by atoms with Crippen molar-refractivity contribution in [2.45, 2.75) is 6.42 Å². The maximum Gasteiger partial charge on any atom is 0.371 e. The first-order valence-electron chi connectivity index (χ1n) is 3.06. The molecule has 0 saturated carbocycles. The molecule has 0 heterocycles. The third-order valence-electron chi connectivity index (χ3n) is 0.710. The number of hydrogen-bond acceptors (Lipinski definition) is 6. The maximum atomic E-state index is 10.2. The van der Waals surface area contributed by atoms with Gasteiger partial charge in [0, 0.05) is 32.7 Å². The van der Waals surface area contributed by atoms with E-state index in [9.17, 15) is 14.4 Å². The second-order valence-corrected chi connectivity index (χ2v) is 1.54. The molecule has 0 atom stereocenters. The van der Waals surface area contributed by atoms with E-state index in [2.05, 4.69) is 4.74 Å². The van der Waals surface area contributed by atoms with Crippen molar-refractivity contribution in [3.8, 4) is 0 Å². The summed E-state index contributed by atoms with van der Waals surface area (Å²) in [4.78, 5) is 38.7. The zero-order chi connectivity index (χ0) is 10.7. The monoisotopic (exact) mass is 277 g/mol. The molecule has 14 heavy (non-hydrogen) atoms. The van der Waals surface area contributed by atoms with E-state index < -0.39 is 24.8 Å². The van der Waals surface area contributed by atoms with E-state index in [1.807, 2.05) is 0 Å². The van der Waals surface area contributed by atoms with Crippen molar-refractivity contribution >= 4 is 24.3 Å². The molecule has 0 aliphatic carbocycles. The fourth-order valence-corrected chi connectivity index (χ4v) is 0.252. The molecule has 0 saturated heterocycles. The molecule has 0 spiro atoms. The Balaban J connectivity index is -0.000000209. The van der Waals surface area contributed by atoms with Crippen LogP contribution in [-0.4, -0.2) is 43.1 Å². The number of aliphatic hydroxyl groups is 1. The van der Waals surface area contributed by atoms with Gasteiger partial charge in [-0.05, 0) is 0 Å². The number of esters is 1. The summed E-state index contributed by atoms with van der Waals surface area (Å²) in [6, 6.07) is 0. The minimum atomic E-state index is -1.00. The Labute approximate surface area is 106 Å². The number of methoxy groups -OCH3 is 1.